The fourth-order valence-electron chi connectivity index (χ4n) is 2.97. The monoisotopic (exact) mass is 481 g/mol. The van der Waals surface area contributed by atoms with Crippen molar-refractivity contribution in [2.75, 3.05) is 52.9 Å². The van der Waals surface area contributed by atoms with Gasteiger partial charge in [-0.25, -0.2) is 0 Å². The predicted octanol–water partition coefficient (Wildman–Crippen LogP) is 2.68. The second-order valence-electron chi connectivity index (χ2n) is 6.89. The van der Waals surface area contributed by atoms with Gasteiger partial charge in [-0.05, 0) is 46.2 Å². The number of aliphatic imine (C=N–C) groups is 1. The normalized spacial score (nSPS) is 15.6. The summed E-state index contributed by atoms with van der Waals surface area (Å²) >= 11 is 0. The van der Waals surface area contributed by atoms with Crippen LogP contribution in [0, 0.1) is 0 Å². The largest absolute Gasteiger partial charge is 0.357 e. The van der Waals surface area contributed by atoms with Gasteiger partial charge in [0.15, 0.2) is 5.96 Å². The summed E-state index contributed by atoms with van der Waals surface area (Å²) in [4.78, 5) is 21.0. The second-order valence-corrected chi connectivity index (χ2v) is 6.89. The number of carbonyl (C=O) groups is 1. The molecule has 7 heteroatoms. The number of likely N-dealkylation sites (tertiary alicyclic amines) is 1. The van der Waals surface area contributed by atoms with Crippen molar-refractivity contribution in [1.29, 1.82) is 0 Å². The van der Waals surface area contributed by atoms with E-state index in [1.807, 2.05) is 4.90 Å². The van der Waals surface area contributed by atoms with Crippen LogP contribution >= 0.6 is 24.0 Å². The van der Waals surface area contributed by atoms with Crippen LogP contribution < -0.4 is 10.6 Å². The molecule has 2 N–H and O–H groups in total. The molecule has 154 valence electrons. The van der Waals surface area contributed by atoms with Gasteiger partial charge in [0, 0.05) is 45.7 Å². The Hall–Kier alpha value is -0.570. The molecule has 0 bridgehead atoms. The average Bonchev–Trinajstić information content (AvgIpc) is 2.81. The van der Waals surface area contributed by atoms with E-state index in [0.717, 1.165) is 77.5 Å². The van der Waals surface area contributed by atoms with Gasteiger partial charge in [0.25, 0.3) is 0 Å². The molecular formula is C19H40IN5O. The zero-order chi connectivity index (χ0) is 18.3. The van der Waals surface area contributed by atoms with Gasteiger partial charge in [0.05, 0.1) is 0 Å². The first-order chi connectivity index (χ1) is 12.2. The van der Waals surface area contributed by atoms with Crippen LogP contribution in [0.15, 0.2) is 4.99 Å². The Morgan fingerprint density at radius 1 is 1.15 bits per heavy atom. The lowest BCUT2D eigenvalue weighted by Gasteiger charge is -2.20. The summed E-state index contributed by atoms with van der Waals surface area (Å²) in [7, 11) is 2.17. The zero-order valence-corrected chi connectivity index (χ0v) is 19.4. The molecule has 1 heterocycles. The summed E-state index contributed by atoms with van der Waals surface area (Å²) < 4.78 is 0. The van der Waals surface area contributed by atoms with Crippen LogP contribution in [0.4, 0.5) is 0 Å². The Kier molecular flexibility index (Phi) is 16.2. The van der Waals surface area contributed by atoms with Crippen LogP contribution in [-0.4, -0.2) is 74.5 Å². The van der Waals surface area contributed by atoms with Crippen LogP contribution in [0.5, 0.6) is 0 Å². The third kappa shape index (κ3) is 11.9. The lowest BCUT2D eigenvalue weighted by molar-refractivity contribution is -0.130. The van der Waals surface area contributed by atoms with E-state index >= 15 is 0 Å². The van der Waals surface area contributed by atoms with Crippen molar-refractivity contribution < 1.29 is 4.79 Å². The molecule has 1 fully saturated rings. The Bertz CT molecular complexity index is 392. The Morgan fingerprint density at radius 2 is 1.96 bits per heavy atom. The topological polar surface area (TPSA) is 60.0 Å². The highest BCUT2D eigenvalue weighted by atomic mass is 127. The van der Waals surface area contributed by atoms with Crippen molar-refractivity contribution in [2.24, 2.45) is 4.99 Å². The van der Waals surface area contributed by atoms with E-state index in [-0.39, 0.29) is 24.0 Å². The van der Waals surface area contributed by atoms with Gasteiger partial charge >= 0.3 is 0 Å². The summed E-state index contributed by atoms with van der Waals surface area (Å²) in [6.45, 7) is 10.8. The standard InChI is InChI=1S/C19H39N5O.HI/c1-4-6-14-23(3)17-13-22-19(20-5-2)21-12-10-16-24-15-9-7-8-11-18(24)25;/h4-17H2,1-3H3,(H2,20,21,22);1H. The van der Waals surface area contributed by atoms with Crippen LogP contribution in [0.2, 0.25) is 0 Å². The number of nitrogens with zero attached hydrogens (tertiary/aromatic N) is 3. The van der Waals surface area contributed by atoms with E-state index in [0.29, 0.717) is 5.91 Å². The molecule has 0 aromatic carbocycles. The SMILES string of the molecule is CCCCN(C)CCNC(=NCCCN1CCCCCC1=O)NCC.I. The maximum atomic E-state index is 12.0. The van der Waals surface area contributed by atoms with Gasteiger partial charge in [0.2, 0.25) is 5.91 Å². The quantitative estimate of drug-likeness (QED) is 0.206. The van der Waals surface area contributed by atoms with Gasteiger partial charge in [-0.2, -0.15) is 0 Å². The van der Waals surface area contributed by atoms with Crippen molar-refractivity contribution >= 4 is 35.8 Å². The number of likely N-dealkylation sites (N-methyl/N-ethyl adjacent to an activating group) is 1. The molecule has 0 aromatic heterocycles. The second kappa shape index (κ2) is 16.6. The number of unbranched alkanes of at least 4 members (excludes halogenated alkanes) is 1. The van der Waals surface area contributed by atoms with Crippen molar-refractivity contribution in [3.8, 4) is 0 Å². The van der Waals surface area contributed by atoms with Gasteiger partial charge in [-0.15, -0.1) is 24.0 Å². The molecule has 0 radical (unpaired) electrons. The third-order valence-corrected chi connectivity index (χ3v) is 4.55. The molecule has 0 aromatic rings. The highest BCUT2D eigenvalue weighted by Crippen LogP contribution is 2.11. The van der Waals surface area contributed by atoms with E-state index in [1.54, 1.807) is 0 Å². The molecule has 0 saturated carbocycles. The number of rotatable bonds is 11. The molecule has 1 saturated heterocycles. The lowest BCUT2D eigenvalue weighted by atomic mass is 10.2. The molecule has 26 heavy (non-hydrogen) atoms. The lowest BCUT2D eigenvalue weighted by Crippen LogP contribution is -2.41. The molecule has 1 amide bonds. The molecule has 1 rings (SSSR count). The molecule has 0 unspecified atom stereocenters. The number of hydrogen-bond donors (Lipinski definition) is 2. The van der Waals surface area contributed by atoms with Gasteiger partial charge in [-0.3, -0.25) is 9.79 Å². The summed E-state index contributed by atoms with van der Waals surface area (Å²) in [6, 6.07) is 0. The molecule has 0 aliphatic carbocycles. The number of nitrogens with one attached hydrogen (secondary N) is 2. The van der Waals surface area contributed by atoms with Gasteiger partial charge < -0.3 is 20.4 Å². The minimum absolute atomic E-state index is 0. The summed E-state index contributed by atoms with van der Waals surface area (Å²) in [5.41, 5.74) is 0. The Balaban J connectivity index is 0.00000625. The minimum atomic E-state index is 0. The van der Waals surface area contributed by atoms with E-state index in [1.165, 1.54) is 19.3 Å². The highest BCUT2D eigenvalue weighted by molar-refractivity contribution is 14.0. The van der Waals surface area contributed by atoms with Crippen LogP contribution in [0.3, 0.4) is 0 Å². The molecule has 1 aliphatic rings. The number of halogens is 1. The predicted molar refractivity (Wildman–Crippen MR) is 121 cm³/mol. The van der Waals surface area contributed by atoms with Gasteiger partial charge in [-0.1, -0.05) is 19.8 Å². The average molecular weight is 481 g/mol. The number of guanidine groups is 1. The van der Waals surface area contributed by atoms with Gasteiger partial charge in [0.1, 0.15) is 0 Å². The molecule has 0 atom stereocenters. The molecular weight excluding hydrogens is 441 g/mol. The maximum absolute atomic E-state index is 12.0. The smallest absolute Gasteiger partial charge is 0.222 e. The summed E-state index contributed by atoms with van der Waals surface area (Å²) in [5.74, 6) is 1.20. The van der Waals surface area contributed by atoms with E-state index in [2.05, 4.69) is 41.4 Å². The number of amides is 1. The number of hydrogen-bond acceptors (Lipinski definition) is 3. The van der Waals surface area contributed by atoms with E-state index in [4.69, 9.17) is 0 Å². The van der Waals surface area contributed by atoms with E-state index in [9.17, 15) is 4.79 Å². The summed E-state index contributed by atoms with van der Waals surface area (Å²) in [5, 5.41) is 6.70. The maximum Gasteiger partial charge on any atom is 0.222 e. The first-order valence-electron chi connectivity index (χ1n) is 10.2. The van der Waals surface area contributed by atoms with Crippen LogP contribution in [-0.2, 0) is 4.79 Å². The Labute approximate surface area is 177 Å². The number of carbonyl (C=O) groups excluding carboxylic acids is 1. The van der Waals surface area contributed by atoms with Crippen molar-refractivity contribution in [3.63, 3.8) is 0 Å². The van der Waals surface area contributed by atoms with Crippen LogP contribution in [0.25, 0.3) is 0 Å². The first kappa shape index (κ1) is 25.4. The third-order valence-electron chi connectivity index (χ3n) is 4.55. The molecule has 1 aliphatic heterocycles. The van der Waals surface area contributed by atoms with Crippen molar-refractivity contribution in [3.05, 3.63) is 0 Å². The van der Waals surface area contributed by atoms with Crippen LogP contribution in [0.1, 0.15) is 58.8 Å². The van der Waals surface area contributed by atoms with Crippen molar-refractivity contribution in [2.45, 2.75) is 58.8 Å². The first-order valence-corrected chi connectivity index (χ1v) is 10.2. The minimum Gasteiger partial charge on any atom is -0.357 e. The summed E-state index contributed by atoms with van der Waals surface area (Å²) in [6.07, 6.45) is 7.51. The van der Waals surface area contributed by atoms with Crippen molar-refractivity contribution in [1.82, 2.24) is 20.4 Å². The Morgan fingerprint density at radius 3 is 2.69 bits per heavy atom. The fourth-order valence-corrected chi connectivity index (χ4v) is 2.97. The fraction of sp³-hybridized carbons (Fsp3) is 0.895. The highest BCUT2D eigenvalue weighted by Gasteiger charge is 2.15. The molecule has 0 spiro atoms. The zero-order valence-electron chi connectivity index (χ0n) is 17.1. The van der Waals surface area contributed by atoms with E-state index < -0.39 is 0 Å². The molecule has 6 nitrogen and oxygen atoms in total.